The molecule has 0 aliphatic carbocycles. The van der Waals surface area contributed by atoms with Crippen molar-refractivity contribution in [2.75, 3.05) is 0 Å². The van der Waals surface area contributed by atoms with Crippen LogP contribution in [-0.2, 0) is 0 Å². The van der Waals surface area contributed by atoms with Crippen molar-refractivity contribution >= 4 is 0 Å². The van der Waals surface area contributed by atoms with Crippen LogP contribution in [0.5, 0.6) is 0 Å². The van der Waals surface area contributed by atoms with Crippen LogP contribution in [0.3, 0.4) is 0 Å². The number of hydrogen-bond acceptors (Lipinski definition) is 2. The maximum Gasteiger partial charge on any atom is 0.133 e. The van der Waals surface area contributed by atoms with Crippen LogP contribution in [0.15, 0.2) is 18.2 Å². The van der Waals surface area contributed by atoms with Gasteiger partial charge in [0.2, 0.25) is 0 Å². The summed E-state index contributed by atoms with van der Waals surface area (Å²) in [6, 6.07) is 2.81. The first-order valence-electron chi connectivity index (χ1n) is 3.00. The maximum absolute atomic E-state index is 12.6. The number of aliphatic hydroxyl groups excluding tert-OH is 1. The minimum absolute atomic E-state index is 0.105. The van der Waals surface area contributed by atoms with Gasteiger partial charge in [-0.2, -0.15) is 0 Å². The first-order valence-corrected chi connectivity index (χ1v) is 3.00. The highest BCUT2D eigenvalue weighted by Gasteiger charge is 2.07. The van der Waals surface area contributed by atoms with Crippen LogP contribution in [-0.4, -0.2) is 5.11 Å². The van der Waals surface area contributed by atoms with Crippen molar-refractivity contribution in [1.29, 1.82) is 0 Å². The van der Waals surface area contributed by atoms with Crippen molar-refractivity contribution < 1.29 is 13.9 Å². The summed E-state index contributed by atoms with van der Waals surface area (Å²) in [5.41, 5.74) is 4.85. The van der Waals surface area contributed by atoms with Gasteiger partial charge >= 0.3 is 0 Å². The van der Waals surface area contributed by atoms with Crippen LogP contribution in [0, 0.1) is 11.6 Å². The first-order chi connectivity index (χ1) is 5.11. The lowest BCUT2D eigenvalue weighted by Gasteiger charge is -2.04. The van der Waals surface area contributed by atoms with Gasteiger partial charge in [-0.25, -0.2) is 8.78 Å². The lowest BCUT2D eigenvalue weighted by atomic mass is 10.2. The molecule has 0 bridgehead atoms. The Balaban J connectivity index is 3.09. The Morgan fingerprint density at radius 3 is 2.45 bits per heavy atom. The molecule has 11 heavy (non-hydrogen) atoms. The number of nitrogens with two attached hydrogens (primary N) is 1. The van der Waals surface area contributed by atoms with E-state index in [9.17, 15) is 8.78 Å². The molecule has 0 amide bonds. The molecule has 0 radical (unpaired) electrons. The summed E-state index contributed by atoms with van der Waals surface area (Å²) in [5, 5.41) is 8.71. The van der Waals surface area contributed by atoms with E-state index in [1.807, 2.05) is 0 Å². The Kier molecular flexibility index (Phi) is 2.16. The molecule has 60 valence electrons. The van der Waals surface area contributed by atoms with E-state index >= 15 is 0 Å². The Hall–Kier alpha value is -1.00. The maximum atomic E-state index is 12.6. The van der Waals surface area contributed by atoms with Crippen LogP contribution in [0.1, 0.15) is 11.8 Å². The topological polar surface area (TPSA) is 46.2 Å². The van der Waals surface area contributed by atoms with Gasteiger partial charge in [0.25, 0.3) is 0 Å². The lowest BCUT2D eigenvalue weighted by molar-refractivity contribution is 0.181. The van der Waals surface area contributed by atoms with E-state index in [0.717, 1.165) is 12.1 Å². The molecule has 0 spiro atoms. The molecular weight excluding hydrogens is 152 g/mol. The van der Waals surface area contributed by atoms with Gasteiger partial charge in [-0.15, -0.1) is 0 Å². The lowest BCUT2D eigenvalue weighted by Crippen LogP contribution is -2.10. The third-order valence-corrected chi connectivity index (χ3v) is 1.28. The monoisotopic (exact) mass is 159 g/mol. The molecule has 0 aromatic heterocycles. The van der Waals surface area contributed by atoms with Crippen LogP contribution >= 0.6 is 0 Å². The SMILES string of the molecule is NC(O)c1ccc(F)cc1F. The van der Waals surface area contributed by atoms with Gasteiger partial charge in [0.15, 0.2) is 0 Å². The predicted molar refractivity (Wildman–Crippen MR) is 35.5 cm³/mol. The van der Waals surface area contributed by atoms with Gasteiger partial charge in [0.1, 0.15) is 17.9 Å². The zero-order chi connectivity index (χ0) is 8.43. The van der Waals surface area contributed by atoms with Gasteiger partial charge < -0.3 is 10.8 Å². The minimum atomic E-state index is -1.39. The Labute approximate surface area is 62.3 Å². The van der Waals surface area contributed by atoms with E-state index in [-0.39, 0.29) is 5.56 Å². The summed E-state index contributed by atoms with van der Waals surface area (Å²) in [7, 11) is 0. The van der Waals surface area contributed by atoms with Crippen LogP contribution in [0.4, 0.5) is 8.78 Å². The summed E-state index contributed by atoms with van der Waals surface area (Å²) in [6.45, 7) is 0. The summed E-state index contributed by atoms with van der Waals surface area (Å²) in [4.78, 5) is 0. The van der Waals surface area contributed by atoms with E-state index in [0.29, 0.717) is 6.07 Å². The summed E-state index contributed by atoms with van der Waals surface area (Å²) >= 11 is 0. The molecule has 0 fully saturated rings. The van der Waals surface area contributed by atoms with E-state index in [4.69, 9.17) is 10.8 Å². The third kappa shape index (κ3) is 1.72. The number of halogens is 2. The molecule has 2 nitrogen and oxygen atoms in total. The molecule has 0 aliphatic rings. The van der Waals surface area contributed by atoms with Crippen molar-refractivity contribution in [3.63, 3.8) is 0 Å². The molecule has 1 unspecified atom stereocenters. The second-order valence-corrected chi connectivity index (χ2v) is 2.11. The summed E-state index contributed by atoms with van der Waals surface area (Å²) in [5.74, 6) is -1.52. The highest BCUT2D eigenvalue weighted by molar-refractivity contribution is 5.19. The molecule has 0 heterocycles. The van der Waals surface area contributed by atoms with Crippen LogP contribution < -0.4 is 5.73 Å². The van der Waals surface area contributed by atoms with E-state index < -0.39 is 17.9 Å². The Morgan fingerprint density at radius 2 is 2.00 bits per heavy atom. The molecule has 1 aromatic rings. The zero-order valence-electron chi connectivity index (χ0n) is 5.59. The van der Waals surface area contributed by atoms with Gasteiger partial charge in [-0.3, -0.25) is 0 Å². The zero-order valence-corrected chi connectivity index (χ0v) is 5.59. The smallest absolute Gasteiger partial charge is 0.133 e. The number of rotatable bonds is 1. The second-order valence-electron chi connectivity index (χ2n) is 2.11. The van der Waals surface area contributed by atoms with E-state index in [1.165, 1.54) is 0 Å². The van der Waals surface area contributed by atoms with Gasteiger partial charge in [-0.1, -0.05) is 0 Å². The van der Waals surface area contributed by atoms with Crippen molar-refractivity contribution in [1.82, 2.24) is 0 Å². The fourth-order valence-corrected chi connectivity index (χ4v) is 0.741. The standard InChI is InChI=1S/C7H7F2NO/c8-4-1-2-5(7(10)11)6(9)3-4/h1-3,7,11H,10H2. The van der Waals surface area contributed by atoms with E-state index in [1.54, 1.807) is 0 Å². The molecular formula is C7H7F2NO. The molecule has 0 aliphatic heterocycles. The predicted octanol–water partition coefficient (Wildman–Crippen LogP) is 0.914. The molecule has 1 atom stereocenters. The van der Waals surface area contributed by atoms with Crippen LogP contribution in [0.2, 0.25) is 0 Å². The van der Waals surface area contributed by atoms with E-state index in [2.05, 4.69) is 0 Å². The quantitative estimate of drug-likeness (QED) is 0.598. The number of aliphatic hydroxyl groups is 1. The first kappa shape index (κ1) is 8.10. The summed E-state index contributed by atoms with van der Waals surface area (Å²) in [6.07, 6.45) is -1.39. The highest BCUT2D eigenvalue weighted by Crippen LogP contribution is 2.13. The fraction of sp³-hybridized carbons (Fsp3) is 0.143. The third-order valence-electron chi connectivity index (χ3n) is 1.28. The molecule has 4 heteroatoms. The van der Waals surface area contributed by atoms with Crippen LogP contribution in [0.25, 0.3) is 0 Å². The number of hydrogen-bond donors (Lipinski definition) is 2. The van der Waals surface area contributed by atoms with Gasteiger partial charge in [0.05, 0.1) is 0 Å². The van der Waals surface area contributed by atoms with Gasteiger partial charge in [-0.05, 0) is 12.1 Å². The fourth-order valence-electron chi connectivity index (χ4n) is 0.741. The normalized spacial score (nSPS) is 13.1. The highest BCUT2D eigenvalue weighted by atomic mass is 19.1. The molecule has 1 aromatic carbocycles. The molecule has 0 saturated carbocycles. The van der Waals surface area contributed by atoms with Crippen molar-refractivity contribution in [2.24, 2.45) is 5.73 Å². The van der Waals surface area contributed by atoms with Crippen molar-refractivity contribution in [3.05, 3.63) is 35.4 Å². The average molecular weight is 159 g/mol. The largest absolute Gasteiger partial charge is 0.374 e. The van der Waals surface area contributed by atoms with Crippen molar-refractivity contribution in [3.8, 4) is 0 Å². The summed E-state index contributed by atoms with van der Waals surface area (Å²) < 4.78 is 24.9. The number of benzene rings is 1. The Morgan fingerprint density at radius 1 is 1.36 bits per heavy atom. The van der Waals surface area contributed by atoms with Gasteiger partial charge in [0, 0.05) is 11.6 Å². The Bertz CT molecular complexity index is 263. The minimum Gasteiger partial charge on any atom is -0.374 e. The second kappa shape index (κ2) is 2.94. The molecule has 3 N–H and O–H groups in total. The molecule has 1 rings (SSSR count). The van der Waals surface area contributed by atoms with Crippen molar-refractivity contribution in [2.45, 2.75) is 6.23 Å². The molecule has 0 saturated heterocycles. The average Bonchev–Trinajstić information content (AvgIpc) is 1.85.